The van der Waals surface area contributed by atoms with E-state index in [9.17, 15) is 13.6 Å². The maximum absolute atomic E-state index is 14.8. The fraction of sp³-hybridized carbons (Fsp3) is 0.294. The SMILES string of the molecule is O=C[B]N1CCN(c2cc(C(F)(F)c3ccccc3)cc(Cl)n2)CC1. The van der Waals surface area contributed by atoms with Crippen LogP contribution in [0.15, 0.2) is 42.5 Å². The molecule has 0 atom stereocenters. The molecule has 0 aliphatic carbocycles. The molecular formula is C17H16BClF2N3O. The molecule has 1 aromatic carbocycles. The van der Waals surface area contributed by atoms with E-state index in [0.29, 0.717) is 32.0 Å². The van der Waals surface area contributed by atoms with Crippen molar-refractivity contribution < 1.29 is 13.6 Å². The first-order valence-corrected chi connectivity index (χ1v) is 8.27. The fourth-order valence-corrected chi connectivity index (χ4v) is 3.03. The number of piperazine rings is 1. The summed E-state index contributed by atoms with van der Waals surface area (Å²) >= 11 is 6.01. The minimum absolute atomic E-state index is 0.0324. The smallest absolute Gasteiger partial charge is 0.298 e. The van der Waals surface area contributed by atoms with Crippen LogP contribution in [0.5, 0.6) is 0 Å². The van der Waals surface area contributed by atoms with Gasteiger partial charge in [0.15, 0.2) is 0 Å². The summed E-state index contributed by atoms with van der Waals surface area (Å²) < 4.78 is 29.6. The summed E-state index contributed by atoms with van der Waals surface area (Å²) in [6.07, 6.45) is 0.742. The second-order valence-corrected chi connectivity index (χ2v) is 6.17. The van der Waals surface area contributed by atoms with E-state index in [2.05, 4.69) is 4.98 Å². The highest BCUT2D eigenvalue weighted by Gasteiger charge is 2.35. The maximum Gasteiger partial charge on any atom is 0.298 e. The lowest BCUT2D eigenvalue weighted by Crippen LogP contribution is -2.48. The highest BCUT2D eigenvalue weighted by Crippen LogP contribution is 2.37. The minimum Gasteiger partial charge on any atom is -0.354 e. The first-order valence-electron chi connectivity index (χ1n) is 7.90. The number of nitrogens with zero attached hydrogens (tertiary/aromatic N) is 3. The summed E-state index contributed by atoms with van der Waals surface area (Å²) in [6.45, 7) is 2.40. The number of halogens is 3. The monoisotopic (exact) mass is 362 g/mol. The number of carbonyl (C=O) groups is 1. The summed E-state index contributed by atoms with van der Waals surface area (Å²) in [5.74, 6) is -2.74. The third-order valence-corrected chi connectivity index (χ3v) is 4.38. The van der Waals surface area contributed by atoms with E-state index in [1.165, 1.54) is 31.7 Å². The Balaban J connectivity index is 1.85. The number of aromatic nitrogens is 1. The predicted octanol–water partition coefficient (Wildman–Crippen LogP) is 2.81. The highest BCUT2D eigenvalue weighted by atomic mass is 35.5. The third kappa shape index (κ3) is 3.99. The molecular weight excluding hydrogens is 346 g/mol. The van der Waals surface area contributed by atoms with Crippen molar-refractivity contribution in [2.75, 3.05) is 31.1 Å². The van der Waals surface area contributed by atoms with Gasteiger partial charge in [0, 0.05) is 37.3 Å². The van der Waals surface area contributed by atoms with Crippen LogP contribution in [0, 0.1) is 0 Å². The van der Waals surface area contributed by atoms with Gasteiger partial charge in [-0.3, -0.25) is 0 Å². The average Bonchev–Trinajstić information content (AvgIpc) is 2.63. The van der Waals surface area contributed by atoms with Gasteiger partial charge in [-0.15, -0.1) is 0 Å². The molecule has 1 fully saturated rings. The summed E-state index contributed by atoms with van der Waals surface area (Å²) in [7, 11) is 1.48. The van der Waals surface area contributed by atoms with E-state index in [1.54, 1.807) is 18.2 Å². The van der Waals surface area contributed by atoms with Crippen LogP contribution < -0.4 is 4.90 Å². The zero-order valence-corrected chi connectivity index (χ0v) is 14.2. The van der Waals surface area contributed by atoms with Gasteiger partial charge in [0.05, 0.1) is 6.19 Å². The van der Waals surface area contributed by atoms with E-state index >= 15 is 0 Å². The van der Waals surface area contributed by atoms with Crippen LogP contribution in [0.25, 0.3) is 0 Å². The molecule has 25 heavy (non-hydrogen) atoms. The van der Waals surface area contributed by atoms with Gasteiger partial charge in [-0.1, -0.05) is 41.9 Å². The average molecular weight is 363 g/mol. The van der Waals surface area contributed by atoms with E-state index in [1.807, 2.05) is 9.71 Å². The van der Waals surface area contributed by atoms with Crippen molar-refractivity contribution in [2.24, 2.45) is 0 Å². The van der Waals surface area contributed by atoms with Crippen LogP contribution in [0.4, 0.5) is 14.6 Å². The van der Waals surface area contributed by atoms with Crippen LogP contribution >= 0.6 is 11.6 Å². The Morgan fingerprint density at radius 1 is 1.08 bits per heavy atom. The van der Waals surface area contributed by atoms with Gasteiger partial charge in [0.1, 0.15) is 11.0 Å². The summed E-state index contributed by atoms with van der Waals surface area (Å²) in [4.78, 5) is 18.5. The largest absolute Gasteiger partial charge is 0.354 e. The molecule has 0 spiro atoms. The van der Waals surface area contributed by atoms with Crippen LogP contribution in [0.2, 0.25) is 5.15 Å². The molecule has 4 nitrogen and oxygen atoms in total. The van der Waals surface area contributed by atoms with E-state index < -0.39 is 5.92 Å². The molecule has 2 aromatic rings. The lowest BCUT2D eigenvalue weighted by atomic mass is 9.93. The van der Waals surface area contributed by atoms with Crippen molar-refractivity contribution in [2.45, 2.75) is 5.92 Å². The molecule has 2 heterocycles. The Morgan fingerprint density at radius 2 is 1.76 bits per heavy atom. The fourth-order valence-electron chi connectivity index (χ4n) is 2.83. The van der Waals surface area contributed by atoms with Gasteiger partial charge in [-0.05, 0) is 12.1 Å². The number of hydrogen-bond donors (Lipinski definition) is 0. The van der Waals surface area contributed by atoms with Gasteiger partial charge in [0.25, 0.3) is 13.3 Å². The molecule has 0 saturated carbocycles. The van der Waals surface area contributed by atoms with Gasteiger partial charge < -0.3 is 14.5 Å². The Labute approximate surface area is 150 Å². The second kappa shape index (κ2) is 7.50. The van der Waals surface area contributed by atoms with Crippen LogP contribution in [0.1, 0.15) is 11.1 Å². The van der Waals surface area contributed by atoms with E-state index in [-0.39, 0.29) is 16.3 Å². The quantitative estimate of drug-likeness (QED) is 0.466. The standard InChI is InChI=1S/C17H16BClF2N3O/c19-15-10-14(17(20,21)13-4-2-1-3-5-13)11-16(22-15)23-6-8-24(9-7-23)18-12-25/h1-5,10-12H,6-9H2. The molecule has 3 rings (SSSR count). The molecule has 1 aliphatic heterocycles. The van der Waals surface area contributed by atoms with Gasteiger partial charge in [0.2, 0.25) is 0 Å². The summed E-state index contributed by atoms with van der Waals surface area (Å²) in [5, 5.41) is 0.0324. The van der Waals surface area contributed by atoms with Crippen molar-refractivity contribution in [3.63, 3.8) is 0 Å². The molecule has 129 valence electrons. The van der Waals surface area contributed by atoms with E-state index in [4.69, 9.17) is 11.6 Å². The molecule has 1 saturated heterocycles. The topological polar surface area (TPSA) is 36.4 Å². The minimum atomic E-state index is -3.16. The molecule has 1 aromatic heterocycles. The molecule has 0 bridgehead atoms. The van der Waals surface area contributed by atoms with Crippen molar-refractivity contribution in [1.29, 1.82) is 0 Å². The van der Waals surface area contributed by atoms with Gasteiger partial charge in [-0.2, -0.15) is 8.78 Å². The lowest BCUT2D eigenvalue weighted by molar-refractivity contribution is 0.0428. The number of anilines is 1. The Kier molecular flexibility index (Phi) is 5.34. The number of pyridine rings is 1. The summed E-state index contributed by atoms with van der Waals surface area (Å²) in [6, 6.07) is 10.2. The van der Waals surface area contributed by atoms with Gasteiger partial charge in [-0.25, -0.2) is 4.98 Å². The maximum atomic E-state index is 14.8. The Bertz CT molecular complexity index is 740. The normalized spacial score (nSPS) is 15.9. The first-order chi connectivity index (χ1) is 12.0. The van der Waals surface area contributed by atoms with Crippen molar-refractivity contribution >= 4 is 31.0 Å². The number of rotatable bonds is 5. The number of hydrogen-bond acceptors (Lipinski definition) is 4. The zero-order valence-electron chi connectivity index (χ0n) is 13.4. The molecule has 8 heteroatoms. The van der Waals surface area contributed by atoms with Crippen LogP contribution in [0.3, 0.4) is 0 Å². The van der Waals surface area contributed by atoms with E-state index in [0.717, 1.165) is 6.19 Å². The van der Waals surface area contributed by atoms with Crippen LogP contribution in [-0.4, -0.2) is 49.6 Å². The number of carbonyl (C=O) groups excluding carboxylic acids is 1. The van der Waals surface area contributed by atoms with Crippen molar-refractivity contribution in [3.8, 4) is 0 Å². The number of benzene rings is 1. The van der Waals surface area contributed by atoms with Crippen molar-refractivity contribution in [3.05, 3.63) is 58.7 Å². The lowest BCUT2D eigenvalue weighted by Gasteiger charge is -2.34. The molecule has 0 unspecified atom stereocenters. The first kappa shape index (κ1) is 17.8. The third-order valence-electron chi connectivity index (χ3n) is 4.19. The molecule has 0 amide bonds. The zero-order chi connectivity index (χ0) is 17.9. The van der Waals surface area contributed by atoms with Crippen molar-refractivity contribution in [1.82, 2.24) is 9.79 Å². The molecule has 0 N–H and O–H groups in total. The van der Waals surface area contributed by atoms with Gasteiger partial charge >= 0.3 is 0 Å². The van der Waals surface area contributed by atoms with Crippen LogP contribution in [-0.2, 0) is 10.7 Å². The Hall–Kier alpha value is -1.99. The molecule has 1 radical (unpaired) electrons. The second-order valence-electron chi connectivity index (χ2n) is 5.79. The molecule has 1 aliphatic rings. The summed E-state index contributed by atoms with van der Waals surface area (Å²) in [5.41, 5.74) is -0.274. The predicted molar refractivity (Wildman–Crippen MR) is 95.0 cm³/mol. The number of alkyl halides is 2. The Morgan fingerprint density at radius 3 is 2.40 bits per heavy atom. The highest BCUT2D eigenvalue weighted by molar-refractivity contribution is 6.64.